The van der Waals surface area contributed by atoms with Gasteiger partial charge in [0.25, 0.3) is 5.91 Å². The summed E-state index contributed by atoms with van der Waals surface area (Å²) in [5.41, 5.74) is 1.09. The van der Waals surface area contributed by atoms with E-state index in [2.05, 4.69) is 16.0 Å². The molecular formula is C21H21ClFN3O5S. The van der Waals surface area contributed by atoms with Gasteiger partial charge in [-0.15, -0.1) is 0 Å². The molecule has 11 heteroatoms. The Morgan fingerprint density at radius 2 is 1.78 bits per heavy atom. The molecule has 0 aromatic heterocycles. The highest BCUT2D eigenvalue weighted by atomic mass is 35.5. The number of hydrogen-bond donors (Lipinski definition) is 3. The second-order valence-electron chi connectivity index (χ2n) is 6.38. The maximum atomic E-state index is 13.3. The van der Waals surface area contributed by atoms with Gasteiger partial charge in [-0.05, 0) is 48.6 Å². The van der Waals surface area contributed by atoms with Crippen LogP contribution in [0.25, 0.3) is 0 Å². The number of thiocarbonyl (C=S) groups is 1. The molecule has 0 atom stereocenters. The zero-order valence-electron chi connectivity index (χ0n) is 17.1. The highest BCUT2D eigenvalue weighted by Gasteiger charge is 2.12. The number of ether oxygens (including phenoxy) is 2. The second-order valence-corrected chi connectivity index (χ2v) is 7.19. The molecule has 0 aliphatic rings. The van der Waals surface area contributed by atoms with E-state index in [0.717, 1.165) is 6.07 Å². The molecule has 0 aliphatic heterocycles. The Balaban J connectivity index is 1.85. The number of carbonyl (C=O) groups is 3. The Morgan fingerprint density at radius 1 is 1.03 bits per heavy atom. The number of carbonyl (C=O) groups excluding carboxylic acids is 3. The molecule has 32 heavy (non-hydrogen) atoms. The van der Waals surface area contributed by atoms with E-state index in [9.17, 15) is 18.8 Å². The molecule has 2 aromatic carbocycles. The number of esters is 1. The molecule has 0 radical (unpaired) electrons. The molecule has 0 unspecified atom stereocenters. The average Bonchev–Trinajstić information content (AvgIpc) is 2.75. The summed E-state index contributed by atoms with van der Waals surface area (Å²) in [6.07, 6.45) is -0.197. The van der Waals surface area contributed by atoms with Crippen molar-refractivity contribution in [3.8, 4) is 0 Å². The van der Waals surface area contributed by atoms with Crippen molar-refractivity contribution in [2.24, 2.45) is 0 Å². The SMILES string of the molecule is COCCOC(=O)CCC(=O)NC(=S)Nc1cccc(C(=O)Nc2ccc(F)c(Cl)c2)c1. The third-order valence-corrected chi connectivity index (χ3v) is 4.41. The predicted octanol–water partition coefficient (Wildman–Crippen LogP) is 3.51. The van der Waals surface area contributed by atoms with Crippen LogP contribution in [-0.2, 0) is 19.1 Å². The number of amides is 2. The molecule has 0 bridgehead atoms. The first kappa shape index (κ1) is 25.2. The first-order valence-corrected chi connectivity index (χ1v) is 10.2. The molecule has 0 fully saturated rings. The normalized spacial score (nSPS) is 10.2. The van der Waals surface area contributed by atoms with Crippen molar-refractivity contribution in [1.82, 2.24) is 5.32 Å². The fraction of sp³-hybridized carbons (Fsp3) is 0.238. The molecule has 0 saturated heterocycles. The minimum absolute atomic E-state index is 0.00521. The van der Waals surface area contributed by atoms with Crippen LogP contribution in [0.1, 0.15) is 23.2 Å². The van der Waals surface area contributed by atoms with Crippen LogP contribution >= 0.6 is 23.8 Å². The number of methoxy groups -OCH3 is 1. The maximum Gasteiger partial charge on any atom is 0.306 e. The summed E-state index contributed by atoms with van der Waals surface area (Å²) in [5.74, 6) is -2.02. The van der Waals surface area contributed by atoms with Crippen LogP contribution in [0, 0.1) is 5.82 Å². The zero-order chi connectivity index (χ0) is 23.5. The molecule has 0 spiro atoms. The first-order chi connectivity index (χ1) is 15.3. The fourth-order valence-electron chi connectivity index (χ4n) is 2.39. The minimum Gasteiger partial charge on any atom is -0.463 e. The summed E-state index contributed by atoms with van der Waals surface area (Å²) < 4.78 is 22.9. The van der Waals surface area contributed by atoms with E-state index in [-0.39, 0.29) is 36.2 Å². The van der Waals surface area contributed by atoms with E-state index in [4.69, 9.17) is 33.3 Å². The minimum atomic E-state index is -0.589. The summed E-state index contributed by atoms with van der Waals surface area (Å²) in [4.78, 5) is 35.9. The molecule has 2 amide bonds. The molecule has 3 N–H and O–H groups in total. The second kappa shape index (κ2) is 12.7. The largest absolute Gasteiger partial charge is 0.463 e. The maximum absolute atomic E-state index is 13.3. The van der Waals surface area contributed by atoms with Crippen LogP contribution in [0.5, 0.6) is 0 Å². The molecule has 8 nitrogen and oxygen atoms in total. The van der Waals surface area contributed by atoms with Crippen molar-refractivity contribution in [2.75, 3.05) is 31.0 Å². The van der Waals surface area contributed by atoms with E-state index >= 15 is 0 Å². The van der Waals surface area contributed by atoms with Gasteiger partial charge < -0.3 is 25.4 Å². The number of benzene rings is 2. The van der Waals surface area contributed by atoms with Gasteiger partial charge in [0.05, 0.1) is 18.1 Å². The summed E-state index contributed by atoms with van der Waals surface area (Å²) in [6, 6.07) is 10.2. The lowest BCUT2D eigenvalue weighted by Crippen LogP contribution is -2.34. The summed E-state index contributed by atoms with van der Waals surface area (Å²) in [6.45, 7) is 0.399. The Kier molecular flexibility index (Phi) is 9.99. The molecule has 0 heterocycles. The van der Waals surface area contributed by atoms with Crippen LogP contribution in [0.2, 0.25) is 5.02 Å². The quantitative estimate of drug-likeness (QED) is 0.286. The molecule has 0 aliphatic carbocycles. The van der Waals surface area contributed by atoms with Crippen molar-refractivity contribution in [1.29, 1.82) is 0 Å². The van der Waals surface area contributed by atoms with Gasteiger partial charge in [-0.1, -0.05) is 17.7 Å². The average molecular weight is 482 g/mol. The Labute approximate surface area is 194 Å². The number of rotatable bonds is 9. The summed E-state index contributed by atoms with van der Waals surface area (Å²) >= 11 is 10.8. The van der Waals surface area contributed by atoms with Crippen molar-refractivity contribution in [3.05, 3.63) is 58.9 Å². The van der Waals surface area contributed by atoms with Crippen LogP contribution in [0.3, 0.4) is 0 Å². The third kappa shape index (κ3) is 8.58. The lowest BCUT2D eigenvalue weighted by Gasteiger charge is -2.11. The summed E-state index contributed by atoms with van der Waals surface area (Å²) in [5, 5.41) is 7.75. The van der Waals surface area contributed by atoms with E-state index < -0.39 is 23.6 Å². The topological polar surface area (TPSA) is 106 Å². The monoisotopic (exact) mass is 481 g/mol. The van der Waals surface area contributed by atoms with E-state index in [1.807, 2.05) is 0 Å². The standard InChI is InChI=1S/C21H21ClFN3O5S/c1-30-9-10-31-19(28)8-7-18(27)26-21(32)25-14-4-2-3-13(11-14)20(29)24-15-5-6-17(23)16(22)12-15/h2-6,11-12H,7-10H2,1H3,(H,24,29)(H2,25,26,27,32). The smallest absolute Gasteiger partial charge is 0.306 e. The Hall–Kier alpha value is -3.08. The van der Waals surface area contributed by atoms with Crippen LogP contribution in [-0.4, -0.2) is 43.2 Å². The van der Waals surface area contributed by atoms with Gasteiger partial charge >= 0.3 is 5.97 Å². The third-order valence-electron chi connectivity index (χ3n) is 3.92. The molecule has 170 valence electrons. The zero-order valence-corrected chi connectivity index (χ0v) is 18.6. The van der Waals surface area contributed by atoms with Gasteiger partial charge in [-0.3, -0.25) is 14.4 Å². The predicted molar refractivity (Wildman–Crippen MR) is 122 cm³/mol. The van der Waals surface area contributed by atoms with Gasteiger partial charge in [0.2, 0.25) is 5.91 Å². The highest BCUT2D eigenvalue weighted by molar-refractivity contribution is 7.80. The molecule has 0 saturated carbocycles. The van der Waals surface area contributed by atoms with Crippen LogP contribution in [0.4, 0.5) is 15.8 Å². The van der Waals surface area contributed by atoms with Crippen molar-refractivity contribution in [2.45, 2.75) is 12.8 Å². The van der Waals surface area contributed by atoms with Gasteiger partial charge in [-0.2, -0.15) is 0 Å². The van der Waals surface area contributed by atoms with Crippen molar-refractivity contribution < 1.29 is 28.2 Å². The number of hydrogen-bond acceptors (Lipinski definition) is 6. The Morgan fingerprint density at radius 3 is 2.50 bits per heavy atom. The highest BCUT2D eigenvalue weighted by Crippen LogP contribution is 2.20. The molecule has 2 rings (SSSR count). The Bertz CT molecular complexity index is 1010. The summed E-state index contributed by atoms with van der Waals surface area (Å²) in [7, 11) is 1.49. The fourth-order valence-corrected chi connectivity index (χ4v) is 2.81. The lowest BCUT2D eigenvalue weighted by molar-refractivity contribution is -0.146. The van der Waals surface area contributed by atoms with Crippen LogP contribution in [0.15, 0.2) is 42.5 Å². The molecule has 2 aromatic rings. The lowest BCUT2D eigenvalue weighted by atomic mass is 10.2. The van der Waals surface area contributed by atoms with Gasteiger partial charge in [0.15, 0.2) is 5.11 Å². The number of anilines is 2. The van der Waals surface area contributed by atoms with E-state index in [1.165, 1.54) is 25.3 Å². The van der Waals surface area contributed by atoms with Gasteiger partial charge in [0, 0.05) is 30.5 Å². The van der Waals surface area contributed by atoms with Crippen molar-refractivity contribution in [3.63, 3.8) is 0 Å². The van der Waals surface area contributed by atoms with Crippen LogP contribution < -0.4 is 16.0 Å². The van der Waals surface area contributed by atoms with Crippen molar-refractivity contribution >= 4 is 58.1 Å². The number of nitrogens with one attached hydrogen (secondary N) is 3. The van der Waals surface area contributed by atoms with Gasteiger partial charge in [-0.25, -0.2) is 4.39 Å². The van der Waals surface area contributed by atoms with E-state index in [0.29, 0.717) is 16.9 Å². The first-order valence-electron chi connectivity index (χ1n) is 9.40. The van der Waals surface area contributed by atoms with Gasteiger partial charge in [0.1, 0.15) is 12.4 Å². The van der Waals surface area contributed by atoms with E-state index in [1.54, 1.807) is 18.2 Å². The molecular weight excluding hydrogens is 461 g/mol. The number of halogens is 2.